The van der Waals surface area contributed by atoms with E-state index in [2.05, 4.69) is 15.0 Å². The third-order valence-electron chi connectivity index (χ3n) is 4.66. The molecule has 0 atom stereocenters. The Labute approximate surface area is 173 Å². The highest BCUT2D eigenvalue weighted by molar-refractivity contribution is 5.91. The van der Waals surface area contributed by atoms with Crippen LogP contribution in [0.3, 0.4) is 0 Å². The van der Waals surface area contributed by atoms with Gasteiger partial charge in [0, 0.05) is 44.5 Å². The van der Waals surface area contributed by atoms with E-state index in [0.717, 1.165) is 18.8 Å². The summed E-state index contributed by atoms with van der Waals surface area (Å²) in [5.41, 5.74) is 1.48. The normalized spacial score (nSPS) is 13.9. The Morgan fingerprint density at radius 2 is 1.57 bits per heavy atom. The topological polar surface area (TPSA) is 71.1 Å². The number of nitrogens with one attached hydrogen (secondary N) is 1. The largest absolute Gasteiger partial charge is 0.484 e. The first-order valence-corrected chi connectivity index (χ1v) is 9.49. The van der Waals surface area contributed by atoms with Gasteiger partial charge in [-0.3, -0.25) is 9.59 Å². The first-order valence-electron chi connectivity index (χ1n) is 9.49. The van der Waals surface area contributed by atoms with Crippen molar-refractivity contribution in [3.63, 3.8) is 0 Å². The molecule has 1 fully saturated rings. The molecule has 1 saturated heterocycles. The van der Waals surface area contributed by atoms with E-state index in [9.17, 15) is 18.4 Å². The molecule has 30 heavy (non-hydrogen) atoms. The van der Waals surface area contributed by atoms with Crippen molar-refractivity contribution in [3.8, 4) is 11.5 Å². The van der Waals surface area contributed by atoms with Gasteiger partial charge in [0.15, 0.2) is 6.61 Å². The molecular weight excluding hydrogens is 396 g/mol. The Balaban J connectivity index is 1.44. The van der Waals surface area contributed by atoms with Crippen LogP contribution in [-0.2, 0) is 9.59 Å². The summed E-state index contributed by atoms with van der Waals surface area (Å²) in [5.74, 6) is 0.287. The maximum absolute atomic E-state index is 12.1. The molecule has 1 N–H and O–H groups in total. The van der Waals surface area contributed by atoms with Gasteiger partial charge in [-0.25, -0.2) is 0 Å². The number of carbonyl (C=O) groups is 2. The molecule has 7 nitrogen and oxygen atoms in total. The van der Waals surface area contributed by atoms with Crippen molar-refractivity contribution in [1.29, 1.82) is 0 Å². The highest BCUT2D eigenvalue weighted by Gasteiger charge is 2.18. The summed E-state index contributed by atoms with van der Waals surface area (Å²) < 4.78 is 34.0. The minimum absolute atomic E-state index is 0.0158. The first kappa shape index (κ1) is 21.4. The van der Waals surface area contributed by atoms with Crippen LogP contribution in [0.25, 0.3) is 0 Å². The number of halogens is 2. The number of hydrogen-bond donors (Lipinski definition) is 1. The lowest BCUT2D eigenvalue weighted by molar-refractivity contribution is -0.129. The van der Waals surface area contributed by atoms with Gasteiger partial charge >= 0.3 is 6.61 Å². The van der Waals surface area contributed by atoms with Crippen LogP contribution in [0.1, 0.15) is 6.92 Å². The van der Waals surface area contributed by atoms with Gasteiger partial charge in [-0.05, 0) is 48.5 Å². The molecule has 0 aromatic heterocycles. The average molecular weight is 419 g/mol. The van der Waals surface area contributed by atoms with E-state index in [0.29, 0.717) is 24.5 Å². The van der Waals surface area contributed by atoms with Gasteiger partial charge in [0.25, 0.3) is 5.91 Å². The monoisotopic (exact) mass is 419 g/mol. The lowest BCUT2D eigenvalue weighted by Gasteiger charge is -2.35. The van der Waals surface area contributed by atoms with Gasteiger partial charge in [-0.15, -0.1) is 0 Å². The highest BCUT2D eigenvalue weighted by atomic mass is 19.3. The lowest BCUT2D eigenvalue weighted by Crippen LogP contribution is -2.48. The smallest absolute Gasteiger partial charge is 0.387 e. The van der Waals surface area contributed by atoms with E-state index in [1.54, 1.807) is 19.1 Å². The SMILES string of the molecule is CC(=O)N1CCN(c2ccc(OCC(=O)Nc3ccc(OC(F)F)cc3)cc2)CC1. The molecule has 160 valence electrons. The van der Waals surface area contributed by atoms with E-state index in [4.69, 9.17) is 4.74 Å². The maximum Gasteiger partial charge on any atom is 0.387 e. The summed E-state index contributed by atoms with van der Waals surface area (Å²) in [6.07, 6.45) is 0. The fourth-order valence-electron chi connectivity index (χ4n) is 3.10. The van der Waals surface area contributed by atoms with E-state index < -0.39 is 6.61 Å². The van der Waals surface area contributed by atoms with Crippen LogP contribution in [0.4, 0.5) is 20.2 Å². The number of anilines is 2. The number of rotatable bonds is 7. The van der Waals surface area contributed by atoms with Crippen LogP contribution in [0.5, 0.6) is 11.5 Å². The van der Waals surface area contributed by atoms with Gasteiger partial charge < -0.3 is 24.6 Å². The standard InChI is InChI=1S/C21H23F2N3O4/c1-15(27)25-10-12-26(13-11-25)17-4-8-18(9-5-17)29-14-20(28)24-16-2-6-19(7-3-16)30-21(22)23/h2-9,21H,10-14H2,1H3,(H,24,28). The third kappa shape index (κ3) is 6.07. The van der Waals surface area contributed by atoms with Crippen LogP contribution in [0.15, 0.2) is 48.5 Å². The summed E-state index contributed by atoms with van der Waals surface area (Å²) in [5, 5.41) is 2.62. The van der Waals surface area contributed by atoms with Crippen molar-refractivity contribution in [3.05, 3.63) is 48.5 Å². The van der Waals surface area contributed by atoms with Gasteiger partial charge in [-0.2, -0.15) is 8.78 Å². The molecule has 0 bridgehead atoms. The predicted molar refractivity (Wildman–Crippen MR) is 108 cm³/mol. The third-order valence-corrected chi connectivity index (χ3v) is 4.66. The molecule has 0 saturated carbocycles. The van der Waals surface area contributed by atoms with E-state index in [-0.39, 0.29) is 24.2 Å². The Morgan fingerprint density at radius 3 is 2.13 bits per heavy atom. The summed E-state index contributed by atoms with van der Waals surface area (Å²) >= 11 is 0. The fourth-order valence-corrected chi connectivity index (χ4v) is 3.10. The van der Waals surface area contributed by atoms with Gasteiger partial charge in [0.1, 0.15) is 11.5 Å². The second-order valence-electron chi connectivity index (χ2n) is 6.73. The van der Waals surface area contributed by atoms with Gasteiger partial charge in [-0.1, -0.05) is 0 Å². The van der Waals surface area contributed by atoms with Crippen LogP contribution in [0, 0.1) is 0 Å². The first-order chi connectivity index (χ1) is 14.4. The molecule has 0 aliphatic carbocycles. The summed E-state index contributed by atoms with van der Waals surface area (Å²) in [4.78, 5) is 27.4. The van der Waals surface area contributed by atoms with Crippen LogP contribution < -0.4 is 19.7 Å². The Morgan fingerprint density at radius 1 is 0.967 bits per heavy atom. The molecule has 0 spiro atoms. The Bertz CT molecular complexity index is 852. The van der Waals surface area contributed by atoms with Crippen molar-refractivity contribution < 1.29 is 27.8 Å². The zero-order chi connectivity index (χ0) is 21.5. The maximum atomic E-state index is 12.1. The van der Waals surface area contributed by atoms with Crippen LogP contribution in [-0.4, -0.2) is 56.1 Å². The van der Waals surface area contributed by atoms with Crippen LogP contribution in [0.2, 0.25) is 0 Å². The number of alkyl halides is 2. The van der Waals surface area contributed by atoms with Crippen molar-refractivity contribution in [1.82, 2.24) is 4.90 Å². The zero-order valence-electron chi connectivity index (χ0n) is 16.5. The molecule has 2 aromatic carbocycles. The highest BCUT2D eigenvalue weighted by Crippen LogP contribution is 2.21. The number of ether oxygens (including phenoxy) is 2. The minimum atomic E-state index is -2.89. The summed E-state index contributed by atoms with van der Waals surface area (Å²) in [6, 6.07) is 13.0. The van der Waals surface area contributed by atoms with E-state index in [1.807, 2.05) is 17.0 Å². The summed E-state index contributed by atoms with van der Waals surface area (Å²) in [7, 11) is 0. The number of hydrogen-bond acceptors (Lipinski definition) is 5. The second-order valence-corrected chi connectivity index (χ2v) is 6.73. The molecule has 2 amide bonds. The number of benzene rings is 2. The molecule has 0 unspecified atom stereocenters. The quantitative estimate of drug-likeness (QED) is 0.747. The second kappa shape index (κ2) is 9.91. The number of carbonyl (C=O) groups excluding carboxylic acids is 2. The van der Waals surface area contributed by atoms with Crippen molar-refractivity contribution >= 4 is 23.2 Å². The fraction of sp³-hybridized carbons (Fsp3) is 0.333. The van der Waals surface area contributed by atoms with Crippen molar-refractivity contribution in [2.75, 3.05) is 43.0 Å². The minimum Gasteiger partial charge on any atom is -0.484 e. The molecular formula is C21H23F2N3O4. The van der Waals surface area contributed by atoms with Gasteiger partial charge in [0.05, 0.1) is 0 Å². The number of amides is 2. The van der Waals surface area contributed by atoms with Crippen molar-refractivity contribution in [2.45, 2.75) is 13.5 Å². The Kier molecular flexibility index (Phi) is 7.05. The number of nitrogens with zero attached hydrogens (tertiary/aromatic N) is 2. The molecule has 1 aliphatic rings. The molecule has 1 heterocycles. The van der Waals surface area contributed by atoms with E-state index in [1.165, 1.54) is 24.3 Å². The Hall–Kier alpha value is -3.36. The van der Waals surface area contributed by atoms with Crippen molar-refractivity contribution in [2.24, 2.45) is 0 Å². The molecule has 3 rings (SSSR count). The molecule has 0 radical (unpaired) electrons. The molecule has 1 aliphatic heterocycles. The van der Waals surface area contributed by atoms with E-state index >= 15 is 0 Å². The number of piperazine rings is 1. The predicted octanol–water partition coefficient (Wildman–Crippen LogP) is 2.97. The zero-order valence-corrected chi connectivity index (χ0v) is 16.5. The average Bonchev–Trinajstić information content (AvgIpc) is 2.74. The summed E-state index contributed by atoms with van der Waals surface area (Å²) in [6.45, 7) is 1.43. The molecule has 9 heteroatoms. The van der Waals surface area contributed by atoms with Crippen LogP contribution >= 0.6 is 0 Å². The van der Waals surface area contributed by atoms with Gasteiger partial charge in [0.2, 0.25) is 5.91 Å². The lowest BCUT2D eigenvalue weighted by atomic mass is 10.2. The molecule has 2 aromatic rings.